The molecule has 2 rings (SSSR count). The van der Waals surface area contributed by atoms with Crippen LogP contribution in [-0.4, -0.2) is 11.8 Å². The first kappa shape index (κ1) is 13.6. The Morgan fingerprint density at radius 2 is 2.06 bits per heavy atom. The van der Waals surface area contributed by atoms with Crippen molar-refractivity contribution in [1.29, 1.82) is 0 Å². The summed E-state index contributed by atoms with van der Waals surface area (Å²) in [5, 5.41) is 2.54. The second kappa shape index (κ2) is 5.41. The molecule has 0 aromatic rings. The summed E-state index contributed by atoms with van der Waals surface area (Å²) in [7, 11) is 0. The van der Waals surface area contributed by atoms with Gasteiger partial charge in [0.05, 0.1) is 0 Å². The molecule has 1 spiro atoms. The van der Waals surface area contributed by atoms with Crippen LogP contribution in [0.15, 0.2) is 0 Å². The van der Waals surface area contributed by atoms with E-state index in [1.165, 1.54) is 19.3 Å². The third-order valence-corrected chi connectivity index (χ3v) is 4.91. The first-order valence-corrected chi connectivity index (χ1v) is 7.41. The van der Waals surface area contributed by atoms with Crippen molar-refractivity contribution in [3.8, 4) is 0 Å². The summed E-state index contributed by atoms with van der Waals surface area (Å²) in [4.78, 5) is 23.9. The minimum Gasteiger partial charge on any atom is -0.296 e. The van der Waals surface area contributed by atoms with E-state index in [9.17, 15) is 9.59 Å². The van der Waals surface area contributed by atoms with Gasteiger partial charge in [0.2, 0.25) is 11.8 Å². The molecule has 0 radical (unpaired) electrons. The molecule has 0 aromatic heterocycles. The van der Waals surface area contributed by atoms with Crippen LogP contribution in [0.25, 0.3) is 0 Å². The zero-order valence-corrected chi connectivity index (χ0v) is 11.6. The number of carbonyl (C=O) groups excluding carboxylic acids is 2. The van der Waals surface area contributed by atoms with Crippen LogP contribution in [0.1, 0.15) is 65.2 Å². The number of rotatable bonds is 2. The molecule has 1 saturated heterocycles. The summed E-state index contributed by atoms with van der Waals surface area (Å²) in [5.41, 5.74) is -0.0276. The molecule has 3 unspecified atom stereocenters. The highest BCUT2D eigenvalue weighted by molar-refractivity contribution is 5.99. The zero-order valence-electron chi connectivity index (χ0n) is 11.6. The summed E-state index contributed by atoms with van der Waals surface area (Å²) < 4.78 is 0. The Hall–Kier alpha value is -0.860. The average Bonchev–Trinajstić information content (AvgIpc) is 2.48. The molecule has 1 N–H and O–H groups in total. The number of hydrogen-bond donors (Lipinski definition) is 1. The molecule has 1 aliphatic heterocycles. The highest BCUT2D eigenvalue weighted by Crippen LogP contribution is 2.48. The lowest BCUT2D eigenvalue weighted by atomic mass is 9.64. The van der Waals surface area contributed by atoms with Crippen molar-refractivity contribution in [2.75, 3.05) is 0 Å². The van der Waals surface area contributed by atoms with E-state index in [1.807, 2.05) is 0 Å². The standard InChI is InChI=1S/C15H25NO2/c1-3-5-12-14(18)16-13(17)10-15(12)8-4-6-11(2)7-9-15/h11-12H,3-10H2,1-2H3,(H,16,17,18). The van der Waals surface area contributed by atoms with Crippen LogP contribution < -0.4 is 5.32 Å². The summed E-state index contributed by atoms with van der Waals surface area (Å²) in [5.74, 6) is 0.738. The largest absolute Gasteiger partial charge is 0.296 e. The number of imide groups is 1. The van der Waals surface area contributed by atoms with Crippen molar-refractivity contribution in [1.82, 2.24) is 5.32 Å². The van der Waals surface area contributed by atoms with Gasteiger partial charge in [0.1, 0.15) is 0 Å². The first-order valence-electron chi connectivity index (χ1n) is 7.41. The smallest absolute Gasteiger partial charge is 0.230 e. The monoisotopic (exact) mass is 251 g/mol. The Balaban J connectivity index is 2.23. The van der Waals surface area contributed by atoms with Gasteiger partial charge < -0.3 is 0 Å². The number of nitrogens with one attached hydrogen (secondary N) is 1. The van der Waals surface area contributed by atoms with Gasteiger partial charge in [0, 0.05) is 12.3 Å². The lowest BCUT2D eigenvalue weighted by Crippen LogP contribution is -2.52. The number of carbonyl (C=O) groups is 2. The maximum absolute atomic E-state index is 12.1. The highest BCUT2D eigenvalue weighted by atomic mass is 16.2. The summed E-state index contributed by atoms with van der Waals surface area (Å²) >= 11 is 0. The van der Waals surface area contributed by atoms with E-state index in [0.717, 1.165) is 31.6 Å². The Kier molecular flexibility index (Phi) is 4.08. The van der Waals surface area contributed by atoms with Crippen LogP contribution in [0.2, 0.25) is 0 Å². The fourth-order valence-corrected chi connectivity index (χ4v) is 3.85. The van der Waals surface area contributed by atoms with Crippen LogP contribution in [-0.2, 0) is 9.59 Å². The van der Waals surface area contributed by atoms with Crippen LogP contribution in [0, 0.1) is 17.3 Å². The van der Waals surface area contributed by atoms with Gasteiger partial charge in [-0.15, -0.1) is 0 Å². The third kappa shape index (κ3) is 2.60. The van der Waals surface area contributed by atoms with Gasteiger partial charge in [-0.25, -0.2) is 0 Å². The van der Waals surface area contributed by atoms with Gasteiger partial charge in [-0.2, -0.15) is 0 Å². The molecule has 18 heavy (non-hydrogen) atoms. The van der Waals surface area contributed by atoms with E-state index in [4.69, 9.17) is 0 Å². The van der Waals surface area contributed by atoms with Crippen molar-refractivity contribution in [3.63, 3.8) is 0 Å². The maximum Gasteiger partial charge on any atom is 0.230 e. The second-order valence-corrected chi connectivity index (χ2v) is 6.33. The fourth-order valence-electron chi connectivity index (χ4n) is 3.85. The van der Waals surface area contributed by atoms with E-state index in [-0.39, 0.29) is 23.1 Å². The molecule has 1 aliphatic carbocycles. The van der Waals surface area contributed by atoms with Gasteiger partial charge >= 0.3 is 0 Å². The molecule has 3 atom stereocenters. The van der Waals surface area contributed by atoms with E-state index in [2.05, 4.69) is 19.2 Å². The van der Waals surface area contributed by atoms with Crippen LogP contribution in [0.4, 0.5) is 0 Å². The van der Waals surface area contributed by atoms with Crippen LogP contribution in [0.5, 0.6) is 0 Å². The number of hydrogen-bond acceptors (Lipinski definition) is 2. The van der Waals surface area contributed by atoms with Gasteiger partial charge in [-0.3, -0.25) is 14.9 Å². The Morgan fingerprint density at radius 1 is 1.28 bits per heavy atom. The lowest BCUT2D eigenvalue weighted by Gasteiger charge is -2.42. The molecule has 2 aliphatic rings. The van der Waals surface area contributed by atoms with E-state index in [0.29, 0.717) is 6.42 Å². The van der Waals surface area contributed by atoms with Gasteiger partial charge in [-0.05, 0) is 30.6 Å². The highest BCUT2D eigenvalue weighted by Gasteiger charge is 2.47. The molecule has 3 nitrogen and oxygen atoms in total. The van der Waals surface area contributed by atoms with Gasteiger partial charge in [-0.1, -0.05) is 39.5 Å². The zero-order chi connectivity index (χ0) is 13.2. The minimum atomic E-state index is -0.0538. The quantitative estimate of drug-likeness (QED) is 0.767. The van der Waals surface area contributed by atoms with Crippen molar-refractivity contribution in [2.45, 2.75) is 65.2 Å². The molecular formula is C15H25NO2. The first-order chi connectivity index (χ1) is 8.57. The van der Waals surface area contributed by atoms with Crippen molar-refractivity contribution in [3.05, 3.63) is 0 Å². The molecule has 0 aromatic carbocycles. The summed E-state index contributed by atoms with van der Waals surface area (Å²) in [6.07, 6.45) is 8.20. The minimum absolute atomic E-state index is 0.0114. The lowest BCUT2D eigenvalue weighted by molar-refractivity contribution is -0.145. The van der Waals surface area contributed by atoms with Crippen LogP contribution >= 0.6 is 0 Å². The van der Waals surface area contributed by atoms with E-state index < -0.39 is 0 Å². The van der Waals surface area contributed by atoms with E-state index in [1.54, 1.807) is 0 Å². The SMILES string of the molecule is CCCC1C(=O)NC(=O)CC12CCCC(C)CC2. The summed E-state index contributed by atoms with van der Waals surface area (Å²) in [6.45, 7) is 4.41. The van der Waals surface area contributed by atoms with Crippen molar-refractivity contribution < 1.29 is 9.59 Å². The normalized spacial score (nSPS) is 37.4. The average molecular weight is 251 g/mol. The Labute approximate surface area is 110 Å². The van der Waals surface area contributed by atoms with Crippen molar-refractivity contribution in [2.24, 2.45) is 17.3 Å². The van der Waals surface area contributed by atoms with Gasteiger partial charge in [0.25, 0.3) is 0 Å². The van der Waals surface area contributed by atoms with Crippen molar-refractivity contribution >= 4 is 11.8 Å². The second-order valence-electron chi connectivity index (χ2n) is 6.33. The topological polar surface area (TPSA) is 46.2 Å². The number of piperidine rings is 1. The van der Waals surface area contributed by atoms with Crippen LogP contribution in [0.3, 0.4) is 0 Å². The predicted molar refractivity (Wildman–Crippen MR) is 70.8 cm³/mol. The Bertz CT molecular complexity index is 339. The molecular weight excluding hydrogens is 226 g/mol. The van der Waals surface area contributed by atoms with E-state index >= 15 is 0 Å². The molecule has 1 saturated carbocycles. The molecule has 3 heteroatoms. The summed E-state index contributed by atoms with van der Waals surface area (Å²) in [6, 6.07) is 0. The maximum atomic E-state index is 12.1. The molecule has 2 fully saturated rings. The molecule has 2 amide bonds. The Morgan fingerprint density at radius 3 is 2.78 bits per heavy atom. The third-order valence-electron chi connectivity index (χ3n) is 4.91. The molecule has 0 bridgehead atoms. The van der Waals surface area contributed by atoms with Gasteiger partial charge in [0.15, 0.2) is 0 Å². The molecule has 102 valence electrons. The number of amides is 2. The fraction of sp³-hybridized carbons (Fsp3) is 0.867. The molecule has 1 heterocycles. The predicted octanol–water partition coefficient (Wildman–Crippen LogP) is 3.04.